The first-order valence-corrected chi connectivity index (χ1v) is 13.7. The molecule has 0 aliphatic carbocycles. The van der Waals surface area contributed by atoms with E-state index in [0.717, 1.165) is 21.9 Å². The Kier molecular flexibility index (Phi) is 9.31. The Balaban J connectivity index is 1.36. The highest BCUT2D eigenvalue weighted by Crippen LogP contribution is 2.38. The zero-order valence-electron chi connectivity index (χ0n) is 21.0. The number of nitrogens with zero attached hydrogens (tertiary/aromatic N) is 6. The Labute approximate surface area is 243 Å². The molecule has 210 valence electrons. The van der Waals surface area contributed by atoms with E-state index in [4.69, 9.17) is 0 Å². The molecule has 0 N–H and O–H groups in total. The summed E-state index contributed by atoms with van der Waals surface area (Å²) < 4.78 is 0. The lowest BCUT2D eigenvalue weighted by atomic mass is 10.2. The van der Waals surface area contributed by atoms with E-state index in [-0.39, 0.29) is 22.5 Å². The average Bonchev–Trinajstić information content (AvgIpc) is 2.98. The summed E-state index contributed by atoms with van der Waals surface area (Å²) in [5.41, 5.74) is -0.249. The van der Waals surface area contributed by atoms with Crippen LogP contribution < -0.4 is 0 Å². The Bertz CT molecular complexity index is 1620. The molecule has 42 heavy (non-hydrogen) atoms. The van der Waals surface area contributed by atoms with Gasteiger partial charge in [-0.3, -0.25) is 50.4 Å². The summed E-state index contributed by atoms with van der Waals surface area (Å²) in [5.74, 6) is 0. The Morgan fingerprint density at radius 3 is 1.17 bits per heavy atom. The maximum Gasteiger partial charge on any atom is 0.285 e. The van der Waals surface area contributed by atoms with Crippen molar-refractivity contribution < 1.29 is 19.7 Å². The smallest absolute Gasteiger partial charge is 0.258 e. The van der Waals surface area contributed by atoms with Crippen LogP contribution in [0.15, 0.2) is 105 Å². The van der Waals surface area contributed by atoms with Gasteiger partial charge in [-0.25, -0.2) is 0 Å². The molecule has 0 unspecified atom stereocenters. The molecule has 0 bridgehead atoms. The third-order valence-electron chi connectivity index (χ3n) is 5.46. The van der Waals surface area contributed by atoms with Crippen LogP contribution in [0.3, 0.4) is 0 Å². The van der Waals surface area contributed by atoms with Crippen molar-refractivity contribution in [2.75, 3.05) is 0 Å². The molecule has 0 heterocycles. The molecule has 0 saturated carbocycles. The maximum absolute atomic E-state index is 11.3. The molecule has 4 aromatic rings. The van der Waals surface area contributed by atoms with E-state index in [0.29, 0.717) is 11.4 Å². The summed E-state index contributed by atoms with van der Waals surface area (Å²) in [4.78, 5) is 51.8. The van der Waals surface area contributed by atoms with Crippen LogP contribution in [0.5, 0.6) is 0 Å². The van der Waals surface area contributed by atoms with E-state index < -0.39 is 31.1 Å². The molecule has 0 radical (unpaired) electrons. The van der Waals surface area contributed by atoms with Crippen molar-refractivity contribution in [1.82, 2.24) is 0 Å². The van der Waals surface area contributed by atoms with E-state index >= 15 is 0 Å². The fourth-order valence-electron chi connectivity index (χ4n) is 3.39. The number of nitro benzene ring substituents is 4. The van der Waals surface area contributed by atoms with Gasteiger partial charge in [0.05, 0.1) is 54.3 Å². The number of aliphatic imine (C=N–C) groups is 2. The van der Waals surface area contributed by atoms with Gasteiger partial charge in [0.15, 0.2) is 0 Å². The number of hydrogen-bond acceptors (Lipinski definition) is 12. The van der Waals surface area contributed by atoms with Crippen molar-refractivity contribution in [1.29, 1.82) is 0 Å². The Morgan fingerprint density at radius 1 is 0.500 bits per heavy atom. The van der Waals surface area contributed by atoms with Crippen molar-refractivity contribution in [3.8, 4) is 0 Å². The fraction of sp³-hybridized carbons (Fsp3) is 0. The van der Waals surface area contributed by atoms with Gasteiger partial charge in [-0.2, -0.15) is 0 Å². The van der Waals surface area contributed by atoms with Gasteiger partial charge in [0.1, 0.15) is 0 Å². The summed E-state index contributed by atoms with van der Waals surface area (Å²) in [5, 5.41) is 44.3. The normalized spacial score (nSPS) is 11.1. The van der Waals surface area contributed by atoms with E-state index in [1.165, 1.54) is 58.3 Å². The molecule has 0 amide bonds. The lowest BCUT2D eigenvalue weighted by Gasteiger charge is -2.03. The second-order valence-electron chi connectivity index (χ2n) is 8.19. The van der Waals surface area contributed by atoms with Crippen LogP contribution in [0, 0.1) is 40.5 Å². The van der Waals surface area contributed by atoms with Gasteiger partial charge in [-0.15, -0.1) is 0 Å². The van der Waals surface area contributed by atoms with Crippen LogP contribution in [-0.4, -0.2) is 32.1 Å². The molecule has 0 spiro atoms. The highest BCUT2D eigenvalue weighted by Gasteiger charge is 2.19. The van der Waals surface area contributed by atoms with Crippen LogP contribution >= 0.6 is 21.6 Å². The zero-order valence-corrected chi connectivity index (χ0v) is 22.6. The van der Waals surface area contributed by atoms with Gasteiger partial charge in [-0.05, 0) is 60.7 Å². The van der Waals surface area contributed by atoms with Crippen molar-refractivity contribution in [3.63, 3.8) is 0 Å². The topological polar surface area (TPSA) is 197 Å². The molecule has 0 saturated heterocycles. The molecule has 0 atom stereocenters. The average molecular weight is 605 g/mol. The Hall–Kier alpha value is -5.48. The van der Waals surface area contributed by atoms with Crippen molar-refractivity contribution >= 4 is 68.1 Å². The van der Waals surface area contributed by atoms with Crippen LogP contribution in [0.25, 0.3) is 0 Å². The first-order valence-electron chi connectivity index (χ1n) is 11.6. The number of nitro groups is 4. The Morgan fingerprint density at radius 2 is 0.857 bits per heavy atom. The van der Waals surface area contributed by atoms with Crippen LogP contribution in [0.4, 0.5) is 34.1 Å². The quantitative estimate of drug-likeness (QED) is 0.0710. The van der Waals surface area contributed by atoms with E-state index in [9.17, 15) is 40.5 Å². The van der Waals surface area contributed by atoms with Gasteiger partial charge in [-0.1, -0.05) is 21.6 Å². The van der Waals surface area contributed by atoms with Crippen LogP contribution in [0.1, 0.15) is 11.1 Å². The highest BCUT2D eigenvalue weighted by molar-refractivity contribution is 8.76. The van der Waals surface area contributed by atoms with Gasteiger partial charge in [0, 0.05) is 34.4 Å². The summed E-state index contributed by atoms with van der Waals surface area (Å²) in [7, 11) is 2.95. The third-order valence-corrected chi connectivity index (χ3v) is 7.87. The monoisotopic (exact) mass is 604 g/mol. The molecular weight excluding hydrogens is 588 g/mol. The second kappa shape index (κ2) is 13.2. The van der Waals surface area contributed by atoms with Gasteiger partial charge >= 0.3 is 0 Å². The minimum Gasteiger partial charge on any atom is -0.258 e. The lowest BCUT2D eigenvalue weighted by molar-refractivity contribution is -0.394. The summed E-state index contributed by atoms with van der Waals surface area (Å²) in [6.45, 7) is 0. The van der Waals surface area contributed by atoms with Crippen LogP contribution in [0.2, 0.25) is 0 Å². The fourth-order valence-corrected chi connectivity index (χ4v) is 5.32. The minimum atomic E-state index is -0.703. The van der Waals surface area contributed by atoms with E-state index in [1.54, 1.807) is 24.3 Å². The molecule has 0 fully saturated rings. The number of rotatable bonds is 11. The molecule has 4 rings (SSSR count). The summed E-state index contributed by atoms with van der Waals surface area (Å²) >= 11 is 0. The SMILES string of the molecule is O=[N+]([O-])c1ccc(/C=N\c2ccc(SSc3ccc(/N=C\c4ccc([N+](=O)[O-])cc4[N+](=O)[O-])cc3)cc2)c([N+](=O)[O-])c1. The number of benzene rings is 4. The third kappa shape index (κ3) is 7.58. The summed E-state index contributed by atoms with van der Waals surface area (Å²) in [6.07, 6.45) is 2.56. The van der Waals surface area contributed by atoms with Gasteiger partial charge < -0.3 is 0 Å². The predicted octanol–water partition coefficient (Wildman–Crippen LogP) is 7.62. The predicted molar refractivity (Wildman–Crippen MR) is 159 cm³/mol. The molecule has 0 aromatic heterocycles. The first-order chi connectivity index (χ1) is 20.1. The molecular formula is C26H16N6O8S2. The van der Waals surface area contributed by atoms with Crippen molar-refractivity contribution in [2.24, 2.45) is 9.98 Å². The van der Waals surface area contributed by atoms with Gasteiger partial charge in [0.25, 0.3) is 22.7 Å². The molecule has 0 aliphatic heterocycles. The lowest BCUT2D eigenvalue weighted by Crippen LogP contribution is -1.97. The highest BCUT2D eigenvalue weighted by atomic mass is 33.1. The van der Waals surface area contributed by atoms with Crippen LogP contribution in [-0.2, 0) is 0 Å². The van der Waals surface area contributed by atoms with Crippen molar-refractivity contribution in [2.45, 2.75) is 9.79 Å². The van der Waals surface area contributed by atoms with E-state index in [1.807, 2.05) is 24.3 Å². The molecule has 4 aromatic carbocycles. The molecule has 14 nitrogen and oxygen atoms in total. The maximum atomic E-state index is 11.3. The zero-order chi connectivity index (χ0) is 30.2. The first kappa shape index (κ1) is 29.5. The minimum absolute atomic E-state index is 0.137. The standard InChI is InChI=1S/C26H16N6O8S2/c33-29(34)21-7-1-17(25(13-21)31(37)38)15-27-19-3-9-23(10-4-19)41-42-24-11-5-20(6-12-24)28-16-18-2-8-22(30(35)36)14-26(18)32(39)40/h1-16H/b27-15-,28-16-. The van der Waals surface area contributed by atoms with E-state index in [2.05, 4.69) is 9.98 Å². The van der Waals surface area contributed by atoms with Gasteiger partial charge in [0.2, 0.25) is 0 Å². The molecule has 16 heteroatoms. The summed E-state index contributed by atoms with van der Waals surface area (Å²) in [6, 6.07) is 20.9. The molecule has 0 aliphatic rings. The second-order valence-corrected chi connectivity index (χ2v) is 10.5. The largest absolute Gasteiger partial charge is 0.285 e. The van der Waals surface area contributed by atoms with Crippen molar-refractivity contribution in [3.05, 3.63) is 137 Å². The number of hydrogen-bond donors (Lipinski definition) is 0. The number of non-ortho nitro benzene ring substituents is 2.